The van der Waals surface area contributed by atoms with Crippen LogP contribution in [-0.4, -0.2) is 18.6 Å². The van der Waals surface area contributed by atoms with Crippen LogP contribution in [0.3, 0.4) is 0 Å². The molecule has 1 unspecified atom stereocenters. The van der Waals surface area contributed by atoms with Crippen molar-refractivity contribution >= 4 is 5.69 Å². The summed E-state index contributed by atoms with van der Waals surface area (Å²) in [6, 6.07) is 9.05. The fourth-order valence-electron chi connectivity index (χ4n) is 2.43. The molecule has 0 heterocycles. The van der Waals surface area contributed by atoms with Crippen molar-refractivity contribution < 1.29 is 0 Å². The summed E-state index contributed by atoms with van der Waals surface area (Å²) in [5.41, 5.74) is 2.74. The molecule has 0 aliphatic heterocycles. The number of anilines is 1. The normalized spacial score (nSPS) is 13.1. The third kappa shape index (κ3) is 4.38. The van der Waals surface area contributed by atoms with Crippen molar-refractivity contribution in [2.75, 3.05) is 18.0 Å². The lowest BCUT2D eigenvalue weighted by Gasteiger charge is -2.39. The van der Waals surface area contributed by atoms with Gasteiger partial charge in [-0.3, -0.25) is 0 Å². The van der Waals surface area contributed by atoms with Gasteiger partial charge in [0.1, 0.15) is 0 Å². The van der Waals surface area contributed by atoms with Gasteiger partial charge in [0.05, 0.1) is 0 Å². The van der Waals surface area contributed by atoms with E-state index in [1.165, 1.54) is 11.3 Å². The van der Waals surface area contributed by atoms with E-state index in [9.17, 15) is 0 Å². The number of benzene rings is 1. The minimum absolute atomic E-state index is 0.0781. The second kappa shape index (κ2) is 7.49. The molecule has 1 rings (SSSR count). The molecule has 112 valence electrons. The van der Waals surface area contributed by atoms with Crippen molar-refractivity contribution in [1.82, 2.24) is 5.32 Å². The van der Waals surface area contributed by atoms with Crippen molar-refractivity contribution in [1.29, 1.82) is 0 Å². The molecule has 0 fully saturated rings. The van der Waals surface area contributed by atoms with Crippen LogP contribution in [0.4, 0.5) is 5.69 Å². The number of rotatable bonds is 7. The van der Waals surface area contributed by atoms with Gasteiger partial charge in [-0.05, 0) is 52.3 Å². The number of nitrogens with zero attached hydrogens (tertiary/aromatic N) is 1. The summed E-state index contributed by atoms with van der Waals surface area (Å²) >= 11 is 0. The molecule has 0 amide bonds. The van der Waals surface area contributed by atoms with E-state index < -0.39 is 0 Å². The maximum atomic E-state index is 3.91. The Morgan fingerprint density at radius 1 is 1.30 bits per heavy atom. The average molecular weight is 274 g/mol. The highest BCUT2D eigenvalue weighted by molar-refractivity contribution is 5.57. The quantitative estimate of drug-likeness (QED) is 0.734. The molecule has 0 aliphatic rings. The van der Waals surface area contributed by atoms with Crippen LogP contribution < -0.4 is 10.2 Å². The molecular formula is C18H30N2. The Labute approximate surface area is 124 Å². The Morgan fingerprint density at radius 2 is 1.95 bits per heavy atom. The standard InChI is InChI=1S/C18H30N2/c1-7-13-19-15(3)16-11-9-10-12-17(16)20(14-8-2)18(4,5)6/h8-12,15,19H,2,7,13-14H2,1,3-6H3. The van der Waals surface area contributed by atoms with E-state index in [4.69, 9.17) is 0 Å². The molecule has 1 N–H and O–H groups in total. The monoisotopic (exact) mass is 274 g/mol. The van der Waals surface area contributed by atoms with Gasteiger partial charge in [-0.15, -0.1) is 6.58 Å². The van der Waals surface area contributed by atoms with Gasteiger partial charge in [0.15, 0.2) is 0 Å². The highest BCUT2D eigenvalue weighted by Gasteiger charge is 2.23. The van der Waals surface area contributed by atoms with Crippen molar-refractivity contribution in [3.05, 3.63) is 42.5 Å². The molecule has 0 aliphatic carbocycles. The SMILES string of the molecule is C=CCN(c1ccccc1C(C)NCCC)C(C)(C)C. The van der Waals surface area contributed by atoms with E-state index in [0.717, 1.165) is 19.5 Å². The molecule has 0 spiro atoms. The molecule has 2 heteroatoms. The lowest BCUT2D eigenvalue weighted by Crippen LogP contribution is -2.42. The van der Waals surface area contributed by atoms with E-state index in [0.29, 0.717) is 6.04 Å². The van der Waals surface area contributed by atoms with E-state index in [1.807, 2.05) is 6.08 Å². The Hall–Kier alpha value is -1.28. The Kier molecular flexibility index (Phi) is 6.28. The van der Waals surface area contributed by atoms with Gasteiger partial charge in [0.25, 0.3) is 0 Å². The Balaban J connectivity index is 3.12. The van der Waals surface area contributed by atoms with Crippen molar-refractivity contribution in [3.8, 4) is 0 Å². The van der Waals surface area contributed by atoms with Crippen LogP contribution in [0.1, 0.15) is 52.6 Å². The molecule has 0 radical (unpaired) electrons. The van der Waals surface area contributed by atoms with E-state index in [2.05, 4.69) is 75.7 Å². The summed E-state index contributed by atoms with van der Waals surface area (Å²) in [5.74, 6) is 0. The fraction of sp³-hybridized carbons (Fsp3) is 0.556. The molecule has 2 nitrogen and oxygen atoms in total. The van der Waals surface area contributed by atoms with Gasteiger partial charge in [-0.2, -0.15) is 0 Å². The summed E-state index contributed by atoms with van der Waals surface area (Å²) in [5, 5.41) is 3.58. The predicted octanol–water partition coefficient (Wildman–Crippen LogP) is 4.54. The van der Waals surface area contributed by atoms with Crippen LogP contribution >= 0.6 is 0 Å². The topological polar surface area (TPSA) is 15.3 Å². The minimum Gasteiger partial charge on any atom is -0.363 e. The second-order valence-electron chi connectivity index (χ2n) is 6.30. The second-order valence-corrected chi connectivity index (χ2v) is 6.30. The Morgan fingerprint density at radius 3 is 2.50 bits per heavy atom. The van der Waals surface area contributed by atoms with Crippen LogP contribution in [0.25, 0.3) is 0 Å². The molecule has 1 aromatic carbocycles. The summed E-state index contributed by atoms with van der Waals surface area (Å²) in [4.78, 5) is 2.42. The van der Waals surface area contributed by atoms with E-state index >= 15 is 0 Å². The van der Waals surface area contributed by atoms with Crippen LogP contribution in [0.5, 0.6) is 0 Å². The molecule has 0 saturated carbocycles. The largest absolute Gasteiger partial charge is 0.363 e. The van der Waals surface area contributed by atoms with Gasteiger partial charge >= 0.3 is 0 Å². The van der Waals surface area contributed by atoms with Gasteiger partial charge in [-0.1, -0.05) is 31.2 Å². The molecule has 1 atom stereocenters. The molecular weight excluding hydrogens is 244 g/mol. The first-order chi connectivity index (χ1) is 9.41. The first kappa shape index (κ1) is 16.8. The highest BCUT2D eigenvalue weighted by Crippen LogP contribution is 2.31. The summed E-state index contributed by atoms with van der Waals surface area (Å²) in [6.07, 6.45) is 3.13. The van der Waals surface area contributed by atoms with Crippen molar-refractivity contribution in [2.24, 2.45) is 0 Å². The fourth-order valence-corrected chi connectivity index (χ4v) is 2.43. The van der Waals surface area contributed by atoms with Gasteiger partial charge < -0.3 is 10.2 Å². The number of para-hydroxylation sites is 1. The van der Waals surface area contributed by atoms with Crippen molar-refractivity contribution in [2.45, 2.75) is 52.6 Å². The molecule has 0 saturated heterocycles. The summed E-state index contributed by atoms with van der Waals surface area (Å²) < 4.78 is 0. The minimum atomic E-state index is 0.0781. The maximum absolute atomic E-state index is 3.91. The van der Waals surface area contributed by atoms with E-state index in [1.54, 1.807) is 0 Å². The first-order valence-electron chi connectivity index (χ1n) is 7.62. The number of hydrogen-bond acceptors (Lipinski definition) is 2. The lowest BCUT2D eigenvalue weighted by molar-refractivity contribution is 0.513. The molecule has 0 aromatic heterocycles. The predicted molar refractivity (Wildman–Crippen MR) is 90.4 cm³/mol. The summed E-state index contributed by atoms with van der Waals surface area (Å²) in [6.45, 7) is 17.0. The smallest absolute Gasteiger partial charge is 0.0421 e. The Bertz CT molecular complexity index is 418. The van der Waals surface area contributed by atoms with Gasteiger partial charge in [-0.25, -0.2) is 0 Å². The van der Waals surface area contributed by atoms with Gasteiger partial charge in [0.2, 0.25) is 0 Å². The van der Waals surface area contributed by atoms with Crippen LogP contribution in [0.2, 0.25) is 0 Å². The summed E-state index contributed by atoms with van der Waals surface area (Å²) in [7, 11) is 0. The van der Waals surface area contributed by atoms with Crippen molar-refractivity contribution in [3.63, 3.8) is 0 Å². The number of hydrogen-bond donors (Lipinski definition) is 1. The van der Waals surface area contributed by atoms with Crippen LogP contribution in [0.15, 0.2) is 36.9 Å². The molecule has 0 bridgehead atoms. The number of nitrogens with one attached hydrogen (secondary N) is 1. The molecule has 1 aromatic rings. The zero-order valence-corrected chi connectivity index (χ0v) is 13.7. The third-order valence-electron chi connectivity index (χ3n) is 3.52. The van der Waals surface area contributed by atoms with Gasteiger partial charge in [0, 0.05) is 23.8 Å². The highest BCUT2D eigenvalue weighted by atomic mass is 15.2. The third-order valence-corrected chi connectivity index (χ3v) is 3.52. The van der Waals surface area contributed by atoms with E-state index in [-0.39, 0.29) is 5.54 Å². The van der Waals surface area contributed by atoms with Crippen LogP contribution in [-0.2, 0) is 0 Å². The zero-order chi connectivity index (χ0) is 15.2. The average Bonchev–Trinajstić information content (AvgIpc) is 2.41. The molecule has 20 heavy (non-hydrogen) atoms. The van der Waals surface area contributed by atoms with Crippen LogP contribution in [0, 0.1) is 0 Å². The maximum Gasteiger partial charge on any atom is 0.0421 e. The lowest BCUT2D eigenvalue weighted by atomic mass is 9.99. The zero-order valence-electron chi connectivity index (χ0n) is 13.7. The first-order valence-corrected chi connectivity index (χ1v) is 7.62.